The van der Waals surface area contributed by atoms with Crippen molar-refractivity contribution >= 4 is 11.8 Å². The van der Waals surface area contributed by atoms with E-state index >= 15 is 0 Å². The lowest BCUT2D eigenvalue weighted by Crippen LogP contribution is -2.51. The summed E-state index contributed by atoms with van der Waals surface area (Å²) in [5, 5.41) is 8.78. The number of aliphatic hydroxyl groups is 1. The van der Waals surface area contributed by atoms with Crippen LogP contribution in [0.15, 0.2) is 41.9 Å². The summed E-state index contributed by atoms with van der Waals surface area (Å²) in [5.41, 5.74) is 5.36. The van der Waals surface area contributed by atoms with Crippen molar-refractivity contribution in [1.29, 1.82) is 0 Å². The molecule has 0 unspecified atom stereocenters. The predicted octanol–water partition coefficient (Wildman–Crippen LogP) is 1.57. The molecule has 2 rings (SSSR count). The Morgan fingerprint density at radius 2 is 2.23 bits per heavy atom. The van der Waals surface area contributed by atoms with Crippen LogP contribution in [0.4, 0.5) is 0 Å². The fourth-order valence-electron chi connectivity index (χ4n) is 2.48. The molecule has 0 fully saturated rings. The molecule has 1 heterocycles. The zero-order valence-electron chi connectivity index (χ0n) is 15.2. The van der Waals surface area contributed by atoms with Gasteiger partial charge in [0, 0.05) is 31.6 Å². The summed E-state index contributed by atoms with van der Waals surface area (Å²) in [5.74, 6) is 0.906. The normalized spacial score (nSPS) is 18.8. The monoisotopic (exact) mass is 361 g/mol. The number of nitrogens with one attached hydrogen (secondary N) is 2. The Balaban J connectivity index is 2.09. The molecule has 0 bridgehead atoms. The first-order valence-electron chi connectivity index (χ1n) is 8.86. The van der Waals surface area contributed by atoms with Crippen molar-refractivity contribution in [3.8, 4) is 5.75 Å². The molecule has 1 aromatic carbocycles. The average Bonchev–Trinajstić information content (AvgIpc) is 3.08. The Bertz CT molecular complexity index is 630. The minimum absolute atomic E-state index is 0.100. The molecule has 3 N–H and O–H groups in total. The molecule has 142 valence electrons. The van der Waals surface area contributed by atoms with E-state index in [0.717, 1.165) is 12.0 Å². The zero-order chi connectivity index (χ0) is 18.8. The minimum atomic E-state index is -1.01. The summed E-state index contributed by atoms with van der Waals surface area (Å²) < 4.78 is 11.2. The second-order valence-corrected chi connectivity index (χ2v) is 6.06. The van der Waals surface area contributed by atoms with E-state index in [1.165, 1.54) is 0 Å². The average molecular weight is 361 g/mol. The quantitative estimate of drug-likeness (QED) is 0.316. The number of amides is 1. The topological polar surface area (TPSA) is 92.2 Å². The van der Waals surface area contributed by atoms with Gasteiger partial charge in [-0.05, 0) is 30.7 Å². The van der Waals surface area contributed by atoms with Gasteiger partial charge in [-0.3, -0.25) is 10.2 Å². The summed E-state index contributed by atoms with van der Waals surface area (Å²) in [4.78, 5) is 17.1. The van der Waals surface area contributed by atoms with Crippen molar-refractivity contribution in [2.45, 2.75) is 31.7 Å². The minimum Gasteiger partial charge on any atom is -0.494 e. The van der Waals surface area contributed by atoms with Crippen LogP contribution in [0.3, 0.4) is 0 Å². The van der Waals surface area contributed by atoms with Crippen LogP contribution >= 0.6 is 0 Å². The number of hydrogen-bond donors (Lipinski definition) is 3. The van der Waals surface area contributed by atoms with E-state index in [0.29, 0.717) is 37.6 Å². The van der Waals surface area contributed by atoms with E-state index < -0.39 is 5.54 Å². The maximum absolute atomic E-state index is 12.6. The van der Waals surface area contributed by atoms with Crippen LogP contribution in [0.2, 0.25) is 0 Å². The Morgan fingerprint density at radius 1 is 1.46 bits per heavy atom. The fraction of sp³-hybridized carbons (Fsp3) is 0.474. The first-order chi connectivity index (χ1) is 12.6. The number of nitrogens with zero attached hydrogens (tertiary/aromatic N) is 1. The number of ether oxygens (including phenoxy) is 2. The lowest BCUT2D eigenvalue weighted by Gasteiger charge is -2.21. The maximum Gasteiger partial charge on any atom is 0.266 e. The van der Waals surface area contributed by atoms with Crippen molar-refractivity contribution in [3.63, 3.8) is 0 Å². The first kappa shape index (κ1) is 19.9. The van der Waals surface area contributed by atoms with E-state index in [2.05, 4.69) is 22.4 Å². The van der Waals surface area contributed by atoms with Crippen molar-refractivity contribution in [1.82, 2.24) is 10.9 Å². The predicted molar refractivity (Wildman–Crippen MR) is 100 cm³/mol. The summed E-state index contributed by atoms with van der Waals surface area (Å²) in [7, 11) is 0. The molecule has 0 saturated carbocycles. The molecule has 0 aliphatic carbocycles. The highest BCUT2D eigenvalue weighted by Crippen LogP contribution is 2.27. The van der Waals surface area contributed by atoms with Gasteiger partial charge in [-0.25, -0.2) is 10.4 Å². The van der Waals surface area contributed by atoms with Gasteiger partial charge in [0.2, 0.25) is 5.90 Å². The molecule has 0 radical (unpaired) electrons. The lowest BCUT2D eigenvalue weighted by atomic mass is 9.97. The van der Waals surface area contributed by atoms with E-state index in [4.69, 9.17) is 14.6 Å². The highest BCUT2D eigenvalue weighted by atomic mass is 16.5. The zero-order valence-corrected chi connectivity index (χ0v) is 15.2. The molecule has 1 aromatic rings. The van der Waals surface area contributed by atoms with Crippen LogP contribution in [-0.4, -0.2) is 48.8 Å². The van der Waals surface area contributed by atoms with Crippen LogP contribution in [0, 0.1) is 0 Å². The molecule has 7 heteroatoms. The fourth-order valence-corrected chi connectivity index (χ4v) is 2.48. The van der Waals surface area contributed by atoms with Gasteiger partial charge in [0.15, 0.2) is 5.54 Å². The molecule has 1 aliphatic rings. The number of hydrogen-bond acceptors (Lipinski definition) is 6. The standard InChI is InChI=1S/C19H27N3O4/c1-3-10-19(18(24)22-20-11-4-2)14-26-17(21-19)15-6-8-16(9-7-15)25-13-5-12-23/h3,6-9,20,23H,1,4-5,10-14H2,2H3,(H,22,24)/t19-/m0/s1. The van der Waals surface area contributed by atoms with E-state index in [-0.39, 0.29) is 19.1 Å². The second-order valence-electron chi connectivity index (χ2n) is 6.06. The van der Waals surface area contributed by atoms with Gasteiger partial charge in [-0.1, -0.05) is 13.0 Å². The van der Waals surface area contributed by atoms with Crippen LogP contribution in [0.1, 0.15) is 31.7 Å². The van der Waals surface area contributed by atoms with Crippen molar-refractivity contribution in [2.24, 2.45) is 4.99 Å². The molecular formula is C19H27N3O4. The van der Waals surface area contributed by atoms with Crippen LogP contribution in [0.25, 0.3) is 0 Å². The summed E-state index contributed by atoms with van der Waals surface area (Å²) in [6.07, 6.45) is 3.56. The van der Waals surface area contributed by atoms with Gasteiger partial charge in [0.1, 0.15) is 12.4 Å². The molecule has 1 amide bonds. The van der Waals surface area contributed by atoms with Gasteiger partial charge in [-0.15, -0.1) is 6.58 Å². The smallest absolute Gasteiger partial charge is 0.266 e. The number of carbonyl (C=O) groups is 1. The number of benzene rings is 1. The Labute approximate surface area is 154 Å². The summed E-state index contributed by atoms with van der Waals surface area (Å²) in [6.45, 7) is 7.17. The molecule has 26 heavy (non-hydrogen) atoms. The third-order valence-electron chi connectivity index (χ3n) is 3.92. The van der Waals surface area contributed by atoms with Crippen molar-refractivity contribution in [3.05, 3.63) is 42.5 Å². The molecule has 7 nitrogen and oxygen atoms in total. The Kier molecular flexibility index (Phi) is 7.62. The van der Waals surface area contributed by atoms with Crippen LogP contribution in [0.5, 0.6) is 5.75 Å². The van der Waals surface area contributed by atoms with Gasteiger partial charge < -0.3 is 14.6 Å². The lowest BCUT2D eigenvalue weighted by molar-refractivity contribution is -0.127. The van der Waals surface area contributed by atoms with Gasteiger partial charge in [-0.2, -0.15) is 0 Å². The van der Waals surface area contributed by atoms with E-state index in [1.807, 2.05) is 31.2 Å². The second kappa shape index (κ2) is 9.94. The molecule has 0 spiro atoms. The van der Waals surface area contributed by atoms with Crippen LogP contribution < -0.4 is 15.6 Å². The SMILES string of the molecule is C=CC[C@@]1(C(=O)NNCCC)COC(c2ccc(OCCCO)cc2)=N1. The highest BCUT2D eigenvalue weighted by Gasteiger charge is 2.43. The Morgan fingerprint density at radius 3 is 2.88 bits per heavy atom. The molecule has 1 atom stereocenters. The molecular weight excluding hydrogens is 334 g/mol. The van der Waals surface area contributed by atoms with Gasteiger partial charge in [0.05, 0.1) is 6.61 Å². The molecule has 0 saturated heterocycles. The summed E-state index contributed by atoms with van der Waals surface area (Å²) >= 11 is 0. The Hall–Kier alpha value is -2.38. The number of aliphatic imine (C=N–C) groups is 1. The van der Waals surface area contributed by atoms with Gasteiger partial charge >= 0.3 is 0 Å². The summed E-state index contributed by atoms with van der Waals surface area (Å²) in [6, 6.07) is 7.30. The first-order valence-corrected chi connectivity index (χ1v) is 8.86. The molecule has 0 aromatic heterocycles. The third kappa shape index (κ3) is 5.06. The maximum atomic E-state index is 12.6. The van der Waals surface area contributed by atoms with Crippen LogP contribution in [-0.2, 0) is 9.53 Å². The van der Waals surface area contributed by atoms with Gasteiger partial charge in [0.25, 0.3) is 5.91 Å². The number of aliphatic hydroxyl groups excluding tert-OH is 1. The van der Waals surface area contributed by atoms with E-state index in [9.17, 15) is 4.79 Å². The van der Waals surface area contributed by atoms with Crippen molar-refractivity contribution in [2.75, 3.05) is 26.4 Å². The molecule has 1 aliphatic heterocycles. The number of rotatable bonds is 11. The number of carbonyl (C=O) groups excluding carboxylic acids is 1. The third-order valence-corrected chi connectivity index (χ3v) is 3.92. The largest absolute Gasteiger partial charge is 0.494 e. The number of hydrazine groups is 1. The van der Waals surface area contributed by atoms with Crippen molar-refractivity contribution < 1.29 is 19.4 Å². The highest BCUT2D eigenvalue weighted by molar-refractivity contribution is 6.00. The van der Waals surface area contributed by atoms with E-state index in [1.54, 1.807) is 6.08 Å².